The Morgan fingerprint density at radius 1 is 0.789 bits per heavy atom. The lowest BCUT2D eigenvalue weighted by Gasteiger charge is -2.28. The Morgan fingerprint density at radius 3 is 2.32 bits per heavy atom. The highest BCUT2D eigenvalue weighted by molar-refractivity contribution is 5.13. The van der Waals surface area contributed by atoms with Crippen LogP contribution in [0.1, 0.15) is 46.0 Å². The van der Waals surface area contributed by atoms with E-state index in [2.05, 4.69) is 38.2 Å². The molecule has 0 aromatic heterocycles. The van der Waals surface area contributed by atoms with Crippen molar-refractivity contribution in [2.75, 3.05) is 0 Å². The van der Waals surface area contributed by atoms with Crippen molar-refractivity contribution < 1.29 is 0 Å². The van der Waals surface area contributed by atoms with E-state index in [-0.39, 0.29) is 0 Å². The van der Waals surface area contributed by atoms with E-state index < -0.39 is 0 Å². The van der Waals surface area contributed by atoms with Crippen LogP contribution in [-0.4, -0.2) is 0 Å². The average Bonchev–Trinajstić information content (AvgIpc) is 3.13. The number of fused-ring (bicyclic) bond motifs is 7. The molecule has 3 saturated carbocycles. The van der Waals surface area contributed by atoms with E-state index in [1.807, 2.05) is 0 Å². The topological polar surface area (TPSA) is 0 Å². The smallest absolute Gasteiger partial charge is 0.0171 e. The first kappa shape index (κ1) is 12.2. The molecule has 0 saturated heterocycles. The van der Waals surface area contributed by atoms with Crippen LogP contribution in [0.3, 0.4) is 0 Å². The summed E-state index contributed by atoms with van der Waals surface area (Å²) in [7, 11) is 0. The van der Waals surface area contributed by atoms with Gasteiger partial charge >= 0.3 is 0 Å². The Balaban J connectivity index is 0.000000107. The van der Waals surface area contributed by atoms with Crippen molar-refractivity contribution in [2.45, 2.75) is 46.0 Å². The molecule has 5 rings (SSSR count). The molecule has 0 aromatic rings. The fraction of sp³-hybridized carbons (Fsp3) is 0.789. The van der Waals surface area contributed by atoms with Gasteiger partial charge in [0, 0.05) is 0 Å². The van der Waals surface area contributed by atoms with Gasteiger partial charge in [0.25, 0.3) is 0 Å². The molecule has 5 aliphatic rings. The van der Waals surface area contributed by atoms with E-state index >= 15 is 0 Å². The molecule has 0 N–H and O–H groups in total. The minimum Gasteiger partial charge on any atom is -0.0879 e. The van der Waals surface area contributed by atoms with E-state index in [9.17, 15) is 0 Å². The van der Waals surface area contributed by atoms with Gasteiger partial charge in [0.1, 0.15) is 0 Å². The molecule has 4 bridgehead atoms. The second kappa shape index (κ2) is 4.50. The molecule has 19 heavy (non-hydrogen) atoms. The maximum atomic E-state index is 2.50. The summed E-state index contributed by atoms with van der Waals surface area (Å²) in [5.41, 5.74) is 0. The van der Waals surface area contributed by atoms with Gasteiger partial charge in [-0.2, -0.15) is 0 Å². The monoisotopic (exact) mass is 256 g/mol. The average molecular weight is 256 g/mol. The first-order chi connectivity index (χ1) is 9.22. The van der Waals surface area contributed by atoms with E-state index in [0.717, 1.165) is 47.3 Å². The normalized spacial score (nSPS) is 55.5. The lowest BCUT2D eigenvalue weighted by molar-refractivity contribution is 0.219. The Kier molecular flexibility index (Phi) is 2.90. The zero-order chi connectivity index (χ0) is 13.0. The maximum absolute atomic E-state index is 2.50. The van der Waals surface area contributed by atoms with Gasteiger partial charge in [0.05, 0.1) is 0 Å². The van der Waals surface area contributed by atoms with Gasteiger partial charge in [0.15, 0.2) is 0 Å². The molecule has 0 aliphatic heterocycles. The standard InChI is InChI=1S/C11H16.C8H12/c1-7-5-8-6-11(7)10-4-2-3-9(8)10;1-6-4-7-2-3-8(6)5-7/h2-3,7-11H,4-6H2,1H3;2-3,6-8H,4-5H2,1H3. The van der Waals surface area contributed by atoms with Crippen LogP contribution < -0.4 is 0 Å². The molecule has 0 amide bonds. The van der Waals surface area contributed by atoms with Gasteiger partial charge in [-0.15, -0.1) is 0 Å². The lowest BCUT2D eigenvalue weighted by Crippen LogP contribution is -2.22. The number of allylic oxidation sites excluding steroid dienone is 4. The fourth-order valence-corrected chi connectivity index (χ4v) is 5.96. The van der Waals surface area contributed by atoms with Crippen LogP contribution in [0.4, 0.5) is 0 Å². The molecule has 8 unspecified atom stereocenters. The Bertz CT molecular complexity index is 404. The highest BCUT2D eigenvalue weighted by Crippen LogP contribution is 2.58. The largest absolute Gasteiger partial charge is 0.0879 e. The summed E-state index contributed by atoms with van der Waals surface area (Å²) in [4.78, 5) is 0. The predicted molar refractivity (Wildman–Crippen MR) is 80.6 cm³/mol. The van der Waals surface area contributed by atoms with Crippen molar-refractivity contribution in [1.29, 1.82) is 0 Å². The van der Waals surface area contributed by atoms with E-state index in [4.69, 9.17) is 0 Å². The molecule has 5 aliphatic carbocycles. The summed E-state index contributed by atoms with van der Waals surface area (Å²) in [6.07, 6.45) is 17.1. The molecule has 0 heterocycles. The van der Waals surface area contributed by atoms with Crippen LogP contribution in [0.25, 0.3) is 0 Å². The van der Waals surface area contributed by atoms with Gasteiger partial charge in [-0.25, -0.2) is 0 Å². The lowest BCUT2D eigenvalue weighted by atomic mass is 9.76. The third-order valence-corrected chi connectivity index (χ3v) is 6.95. The van der Waals surface area contributed by atoms with Crippen LogP contribution in [-0.2, 0) is 0 Å². The van der Waals surface area contributed by atoms with Crippen LogP contribution in [0.5, 0.6) is 0 Å². The Morgan fingerprint density at radius 2 is 1.68 bits per heavy atom. The van der Waals surface area contributed by atoms with Crippen LogP contribution >= 0.6 is 0 Å². The third kappa shape index (κ3) is 1.94. The molecule has 104 valence electrons. The van der Waals surface area contributed by atoms with Crippen molar-refractivity contribution >= 4 is 0 Å². The highest BCUT2D eigenvalue weighted by Gasteiger charge is 2.50. The SMILES string of the molecule is CC1CC2C=CC1C2.CC1CC2CC1C1CC=CC21. The summed E-state index contributed by atoms with van der Waals surface area (Å²) in [5.74, 6) is 8.22. The minimum atomic E-state index is 0.958. The van der Waals surface area contributed by atoms with Crippen molar-refractivity contribution in [3.05, 3.63) is 24.3 Å². The maximum Gasteiger partial charge on any atom is -0.0171 e. The van der Waals surface area contributed by atoms with Gasteiger partial charge in [-0.05, 0) is 79.4 Å². The molecule has 0 spiro atoms. The van der Waals surface area contributed by atoms with Crippen LogP contribution in [0, 0.1) is 47.3 Å². The highest BCUT2D eigenvalue weighted by atomic mass is 14.5. The Labute approximate surface area is 118 Å². The molecule has 0 radical (unpaired) electrons. The zero-order valence-corrected chi connectivity index (χ0v) is 12.5. The number of hydrogen-bond donors (Lipinski definition) is 0. The van der Waals surface area contributed by atoms with Gasteiger partial charge in [0.2, 0.25) is 0 Å². The fourth-order valence-electron chi connectivity index (χ4n) is 5.96. The van der Waals surface area contributed by atoms with Crippen molar-refractivity contribution in [3.8, 4) is 0 Å². The number of rotatable bonds is 0. The molecule has 0 aromatic carbocycles. The molecule has 0 nitrogen and oxygen atoms in total. The zero-order valence-electron chi connectivity index (χ0n) is 12.5. The molecule has 3 fully saturated rings. The van der Waals surface area contributed by atoms with Crippen LogP contribution in [0.2, 0.25) is 0 Å². The quantitative estimate of drug-likeness (QED) is 0.531. The molecular weight excluding hydrogens is 228 g/mol. The van der Waals surface area contributed by atoms with E-state index in [1.165, 1.54) is 25.7 Å². The van der Waals surface area contributed by atoms with Crippen molar-refractivity contribution in [2.24, 2.45) is 47.3 Å². The van der Waals surface area contributed by atoms with Crippen molar-refractivity contribution in [1.82, 2.24) is 0 Å². The summed E-state index contributed by atoms with van der Waals surface area (Å²) in [6.45, 7) is 4.83. The Hall–Kier alpha value is -0.520. The molecular formula is C19H28. The first-order valence-corrected chi connectivity index (χ1v) is 8.57. The second-order valence-corrected chi connectivity index (χ2v) is 8.04. The predicted octanol–water partition coefficient (Wildman–Crippen LogP) is 5.07. The molecule has 8 atom stereocenters. The summed E-state index contributed by atoms with van der Waals surface area (Å²) in [5, 5.41) is 0. The summed E-state index contributed by atoms with van der Waals surface area (Å²) < 4.78 is 0. The van der Waals surface area contributed by atoms with E-state index in [0.29, 0.717) is 0 Å². The summed E-state index contributed by atoms with van der Waals surface area (Å²) >= 11 is 0. The second-order valence-electron chi connectivity index (χ2n) is 8.04. The van der Waals surface area contributed by atoms with Crippen molar-refractivity contribution in [3.63, 3.8) is 0 Å². The number of hydrogen-bond acceptors (Lipinski definition) is 0. The third-order valence-electron chi connectivity index (χ3n) is 6.95. The van der Waals surface area contributed by atoms with Crippen LogP contribution in [0.15, 0.2) is 24.3 Å². The van der Waals surface area contributed by atoms with Gasteiger partial charge in [-0.1, -0.05) is 38.2 Å². The van der Waals surface area contributed by atoms with Gasteiger partial charge < -0.3 is 0 Å². The summed E-state index contributed by atoms with van der Waals surface area (Å²) in [6, 6.07) is 0. The van der Waals surface area contributed by atoms with E-state index in [1.54, 1.807) is 6.42 Å². The van der Waals surface area contributed by atoms with Gasteiger partial charge in [-0.3, -0.25) is 0 Å². The first-order valence-electron chi connectivity index (χ1n) is 8.57. The minimum absolute atomic E-state index is 0.958. The molecule has 0 heteroatoms.